The van der Waals surface area contributed by atoms with Gasteiger partial charge in [0.05, 0.1) is 11.0 Å². The molecular formula is C20H17N3. The first-order chi connectivity index (χ1) is 11.3. The van der Waals surface area contributed by atoms with E-state index in [-0.39, 0.29) is 0 Å². The topological polar surface area (TPSA) is 30.7 Å². The fourth-order valence-corrected chi connectivity index (χ4v) is 2.88. The first-order valence-corrected chi connectivity index (χ1v) is 7.72. The second-order valence-corrected chi connectivity index (χ2v) is 5.74. The van der Waals surface area contributed by atoms with E-state index in [9.17, 15) is 0 Å². The fraction of sp³-hybridized carbons (Fsp3) is 0.100. The van der Waals surface area contributed by atoms with E-state index in [1.54, 1.807) is 0 Å². The van der Waals surface area contributed by atoms with Gasteiger partial charge >= 0.3 is 0 Å². The number of aromatic nitrogens is 3. The standard InChI is InChI=1S/C20H17N3/c1-15-7-8-18-19(13-15)23(14-16-5-3-2-4-6-16)20(22-18)17-9-11-21-12-10-17/h2-13H,14H2,1H3. The number of hydrogen-bond acceptors (Lipinski definition) is 2. The number of benzene rings is 2. The number of pyridine rings is 1. The van der Waals surface area contributed by atoms with Crippen LogP contribution < -0.4 is 0 Å². The van der Waals surface area contributed by atoms with Crippen molar-refractivity contribution >= 4 is 11.0 Å². The van der Waals surface area contributed by atoms with Gasteiger partial charge in [-0.25, -0.2) is 4.98 Å². The van der Waals surface area contributed by atoms with Crippen LogP contribution in [0, 0.1) is 6.92 Å². The van der Waals surface area contributed by atoms with Gasteiger partial charge in [0.25, 0.3) is 0 Å². The SMILES string of the molecule is Cc1ccc2nc(-c3ccncc3)n(Cc3ccccc3)c2c1. The lowest BCUT2D eigenvalue weighted by Gasteiger charge is -2.10. The maximum absolute atomic E-state index is 4.86. The van der Waals surface area contributed by atoms with E-state index >= 15 is 0 Å². The van der Waals surface area contributed by atoms with Crippen molar-refractivity contribution in [2.45, 2.75) is 13.5 Å². The van der Waals surface area contributed by atoms with Crippen molar-refractivity contribution in [2.75, 3.05) is 0 Å². The summed E-state index contributed by atoms with van der Waals surface area (Å²) in [5.74, 6) is 0.983. The van der Waals surface area contributed by atoms with E-state index in [0.29, 0.717) is 0 Å². The Hall–Kier alpha value is -2.94. The van der Waals surface area contributed by atoms with Crippen LogP contribution in [0.1, 0.15) is 11.1 Å². The third-order valence-corrected chi connectivity index (χ3v) is 4.03. The van der Waals surface area contributed by atoms with Crippen LogP contribution in [0.5, 0.6) is 0 Å². The largest absolute Gasteiger partial charge is 0.319 e. The van der Waals surface area contributed by atoms with Crippen molar-refractivity contribution in [2.24, 2.45) is 0 Å². The average molecular weight is 299 g/mol. The number of rotatable bonds is 3. The normalized spacial score (nSPS) is 11.0. The Morgan fingerprint density at radius 2 is 1.70 bits per heavy atom. The Morgan fingerprint density at radius 3 is 2.48 bits per heavy atom. The minimum Gasteiger partial charge on any atom is -0.319 e. The third-order valence-electron chi connectivity index (χ3n) is 4.03. The molecule has 0 radical (unpaired) electrons. The summed E-state index contributed by atoms with van der Waals surface area (Å²) in [5, 5.41) is 0. The van der Waals surface area contributed by atoms with Gasteiger partial charge in [-0.05, 0) is 42.3 Å². The van der Waals surface area contributed by atoms with Crippen LogP contribution in [0.3, 0.4) is 0 Å². The molecule has 0 aliphatic carbocycles. The zero-order valence-corrected chi connectivity index (χ0v) is 13.0. The molecule has 0 atom stereocenters. The van der Waals surface area contributed by atoms with E-state index in [1.165, 1.54) is 16.6 Å². The van der Waals surface area contributed by atoms with Gasteiger partial charge in [-0.1, -0.05) is 36.4 Å². The van der Waals surface area contributed by atoms with Crippen molar-refractivity contribution in [3.8, 4) is 11.4 Å². The molecule has 0 fully saturated rings. The van der Waals surface area contributed by atoms with Gasteiger partial charge in [-0.15, -0.1) is 0 Å². The average Bonchev–Trinajstić information content (AvgIpc) is 2.95. The van der Waals surface area contributed by atoms with Crippen LogP contribution in [-0.4, -0.2) is 14.5 Å². The van der Waals surface area contributed by atoms with Gasteiger partial charge in [0.1, 0.15) is 5.82 Å². The Labute approximate surface area is 135 Å². The number of fused-ring (bicyclic) bond motifs is 1. The second kappa shape index (κ2) is 5.69. The highest BCUT2D eigenvalue weighted by molar-refractivity contribution is 5.81. The van der Waals surface area contributed by atoms with Crippen LogP contribution in [0.25, 0.3) is 22.4 Å². The van der Waals surface area contributed by atoms with Crippen LogP contribution in [0.15, 0.2) is 73.1 Å². The Kier molecular flexibility index (Phi) is 3.39. The predicted octanol–water partition coefficient (Wildman–Crippen LogP) is 4.46. The van der Waals surface area contributed by atoms with Crippen LogP contribution in [-0.2, 0) is 6.54 Å². The van der Waals surface area contributed by atoms with Gasteiger partial charge in [-0.3, -0.25) is 4.98 Å². The van der Waals surface area contributed by atoms with E-state index in [1.807, 2.05) is 30.6 Å². The smallest absolute Gasteiger partial charge is 0.141 e. The van der Waals surface area contributed by atoms with Gasteiger partial charge in [0.15, 0.2) is 0 Å². The number of hydrogen-bond donors (Lipinski definition) is 0. The molecule has 23 heavy (non-hydrogen) atoms. The van der Waals surface area contributed by atoms with Crippen molar-refractivity contribution < 1.29 is 0 Å². The molecule has 3 heteroatoms. The summed E-state index contributed by atoms with van der Waals surface area (Å²) in [6, 6.07) is 20.9. The molecule has 0 aliphatic heterocycles. The Morgan fingerprint density at radius 1 is 0.913 bits per heavy atom. The third kappa shape index (κ3) is 2.61. The second-order valence-electron chi connectivity index (χ2n) is 5.74. The number of imidazole rings is 1. The summed E-state index contributed by atoms with van der Waals surface area (Å²) in [5.41, 5.74) is 5.79. The number of nitrogens with zero attached hydrogens (tertiary/aromatic N) is 3. The lowest BCUT2D eigenvalue weighted by Crippen LogP contribution is -2.02. The molecule has 0 bridgehead atoms. The Bertz CT molecular complexity index is 941. The minimum atomic E-state index is 0.804. The first-order valence-electron chi connectivity index (χ1n) is 7.72. The molecule has 2 aromatic heterocycles. The highest BCUT2D eigenvalue weighted by Crippen LogP contribution is 2.26. The molecule has 0 unspecified atom stereocenters. The molecule has 0 N–H and O–H groups in total. The van der Waals surface area contributed by atoms with E-state index in [4.69, 9.17) is 4.98 Å². The van der Waals surface area contributed by atoms with E-state index in [0.717, 1.165) is 23.4 Å². The lowest BCUT2D eigenvalue weighted by atomic mass is 10.2. The van der Waals surface area contributed by atoms with E-state index in [2.05, 4.69) is 58.9 Å². The molecule has 4 aromatic rings. The molecule has 0 saturated heterocycles. The van der Waals surface area contributed by atoms with Crippen LogP contribution in [0.2, 0.25) is 0 Å². The molecule has 0 saturated carbocycles. The Balaban J connectivity index is 1.93. The maximum atomic E-state index is 4.86. The fourth-order valence-electron chi connectivity index (χ4n) is 2.88. The molecule has 0 amide bonds. The molecule has 2 heterocycles. The first kappa shape index (κ1) is 13.7. The van der Waals surface area contributed by atoms with Crippen LogP contribution >= 0.6 is 0 Å². The van der Waals surface area contributed by atoms with Crippen molar-refractivity contribution in [3.05, 3.63) is 84.2 Å². The molecule has 0 spiro atoms. The predicted molar refractivity (Wildman–Crippen MR) is 93.2 cm³/mol. The van der Waals surface area contributed by atoms with Crippen LogP contribution in [0.4, 0.5) is 0 Å². The summed E-state index contributed by atoms with van der Waals surface area (Å²) >= 11 is 0. The zero-order chi connectivity index (χ0) is 15.6. The van der Waals surface area contributed by atoms with Gasteiger partial charge in [-0.2, -0.15) is 0 Å². The summed E-state index contributed by atoms with van der Waals surface area (Å²) < 4.78 is 2.28. The van der Waals surface area contributed by atoms with Gasteiger partial charge < -0.3 is 4.57 Å². The molecule has 2 aromatic carbocycles. The highest BCUT2D eigenvalue weighted by Gasteiger charge is 2.13. The summed E-state index contributed by atoms with van der Waals surface area (Å²) in [6.07, 6.45) is 3.62. The van der Waals surface area contributed by atoms with Gasteiger partial charge in [0, 0.05) is 24.5 Å². The quantitative estimate of drug-likeness (QED) is 0.559. The monoisotopic (exact) mass is 299 g/mol. The molecule has 3 nitrogen and oxygen atoms in total. The molecule has 112 valence electrons. The van der Waals surface area contributed by atoms with Gasteiger partial charge in [0.2, 0.25) is 0 Å². The summed E-state index contributed by atoms with van der Waals surface area (Å²) in [4.78, 5) is 8.97. The van der Waals surface area contributed by atoms with Crippen molar-refractivity contribution in [1.29, 1.82) is 0 Å². The lowest BCUT2D eigenvalue weighted by molar-refractivity contribution is 0.834. The van der Waals surface area contributed by atoms with E-state index < -0.39 is 0 Å². The van der Waals surface area contributed by atoms with Crippen molar-refractivity contribution in [1.82, 2.24) is 14.5 Å². The molecular weight excluding hydrogens is 282 g/mol. The zero-order valence-electron chi connectivity index (χ0n) is 13.0. The summed E-state index contributed by atoms with van der Waals surface area (Å²) in [7, 11) is 0. The maximum Gasteiger partial charge on any atom is 0.141 e. The van der Waals surface area contributed by atoms with Crippen molar-refractivity contribution in [3.63, 3.8) is 0 Å². The molecule has 0 aliphatic rings. The number of aryl methyl sites for hydroxylation is 1. The highest BCUT2D eigenvalue weighted by atomic mass is 15.1. The molecule has 4 rings (SSSR count). The summed E-state index contributed by atoms with van der Waals surface area (Å²) in [6.45, 7) is 2.92. The minimum absolute atomic E-state index is 0.804.